The molecule has 33 heavy (non-hydrogen) atoms. The maximum Gasteiger partial charge on any atom is 0.246 e. The van der Waals surface area contributed by atoms with Gasteiger partial charge in [-0.05, 0) is 57.5 Å². The molecular weight excluding hydrogens is 498 g/mol. The second-order valence-electron chi connectivity index (χ2n) is 9.16. The van der Waals surface area contributed by atoms with Crippen molar-refractivity contribution in [3.8, 4) is 0 Å². The Kier molecular flexibility index (Phi) is 7.16. The highest BCUT2D eigenvalue weighted by Gasteiger charge is 2.26. The highest BCUT2D eigenvalue weighted by molar-refractivity contribution is 9.10. The molecule has 8 heteroatoms. The standard InChI is InChI=1S/C25H30BrN5OS/c1-5-31(25(2,3)4)12-7-10-21(32)30-13-11-19-20(15-30)33-24-22(19)23(27-16-28-24)29-18-9-6-8-17(26)14-18/h6-10,14,16H,5,11-13,15H2,1-4H3,(H,27,28,29)/b10-7+. The third kappa shape index (κ3) is 5.45. The molecule has 0 bridgehead atoms. The van der Waals surface area contributed by atoms with Gasteiger partial charge in [0, 0.05) is 39.7 Å². The summed E-state index contributed by atoms with van der Waals surface area (Å²) in [6.07, 6.45) is 6.12. The first-order chi connectivity index (χ1) is 15.8. The van der Waals surface area contributed by atoms with Crippen molar-refractivity contribution in [1.29, 1.82) is 0 Å². The molecule has 0 aliphatic carbocycles. The van der Waals surface area contributed by atoms with E-state index in [1.54, 1.807) is 23.7 Å². The number of thiophene rings is 1. The third-order valence-corrected chi connectivity index (χ3v) is 7.57. The number of carbonyl (C=O) groups is 1. The van der Waals surface area contributed by atoms with E-state index < -0.39 is 0 Å². The summed E-state index contributed by atoms with van der Waals surface area (Å²) in [4.78, 5) is 28.3. The van der Waals surface area contributed by atoms with E-state index in [1.807, 2.05) is 35.2 Å². The normalized spacial score (nSPS) is 14.3. The van der Waals surface area contributed by atoms with E-state index in [2.05, 4.69) is 63.8 Å². The molecule has 0 radical (unpaired) electrons. The van der Waals surface area contributed by atoms with Crippen molar-refractivity contribution >= 4 is 54.9 Å². The Morgan fingerprint density at radius 1 is 1.33 bits per heavy atom. The van der Waals surface area contributed by atoms with Gasteiger partial charge < -0.3 is 10.2 Å². The van der Waals surface area contributed by atoms with E-state index in [9.17, 15) is 4.79 Å². The molecule has 0 saturated heterocycles. The summed E-state index contributed by atoms with van der Waals surface area (Å²) in [5.41, 5.74) is 2.31. The lowest BCUT2D eigenvalue weighted by Gasteiger charge is -2.33. The number of hydrogen-bond acceptors (Lipinski definition) is 6. The third-order valence-electron chi connectivity index (χ3n) is 5.95. The van der Waals surface area contributed by atoms with Crippen LogP contribution in [0.4, 0.5) is 11.5 Å². The van der Waals surface area contributed by atoms with Crippen LogP contribution in [0.5, 0.6) is 0 Å². The predicted molar refractivity (Wildman–Crippen MR) is 140 cm³/mol. The first kappa shape index (κ1) is 23.9. The average Bonchev–Trinajstić information content (AvgIpc) is 3.14. The molecule has 2 aromatic heterocycles. The Labute approximate surface area is 207 Å². The minimum absolute atomic E-state index is 0.0710. The summed E-state index contributed by atoms with van der Waals surface area (Å²) in [5.74, 6) is 0.888. The van der Waals surface area contributed by atoms with Gasteiger partial charge in [0.15, 0.2) is 0 Å². The van der Waals surface area contributed by atoms with Gasteiger partial charge in [0.1, 0.15) is 17.0 Å². The molecule has 174 valence electrons. The quantitative estimate of drug-likeness (QED) is 0.413. The number of likely N-dealkylation sites (N-methyl/N-ethyl adjacent to an activating group) is 1. The number of amides is 1. The van der Waals surface area contributed by atoms with E-state index in [0.717, 1.165) is 45.7 Å². The summed E-state index contributed by atoms with van der Waals surface area (Å²) in [5, 5.41) is 4.52. The number of nitrogens with zero attached hydrogens (tertiary/aromatic N) is 4. The van der Waals surface area contributed by atoms with Crippen molar-refractivity contribution in [2.24, 2.45) is 0 Å². The number of fused-ring (bicyclic) bond motifs is 3. The fourth-order valence-electron chi connectivity index (χ4n) is 4.18. The highest BCUT2D eigenvalue weighted by atomic mass is 79.9. The zero-order valence-electron chi connectivity index (χ0n) is 19.6. The van der Waals surface area contributed by atoms with Crippen LogP contribution >= 0.6 is 27.3 Å². The monoisotopic (exact) mass is 527 g/mol. The largest absolute Gasteiger partial charge is 0.340 e. The molecule has 6 nitrogen and oxygen atoms in total. The van der Waals surface area contributed by atoms with Gasteiger partial charge in [0.2, 0.25) is 5.91 Å². The molecule has 0 spiro atoms. The molecule has 1 amide bonds. The van der Waals surface area contributed by atoms with Crippen LogP contribution in [0.2, 0.25) is 0 Å². The van der Waals surface area contributed by atoms with Crippen LogP contribution in [0.15, 0.2) is 47.2 Å². The number of rotatable bonds is 6. The van der Waals surface area contributed by atoms with Gasteiger partial charge in [0.05, 0.1) is 11.9 Å². The van der Waals surface area contributed by atoms with E-state index in [4.69, 9.17) is 0 Å². The van der Waals surface area contributed by atoms with Crippen molar-refractivity contribution < 1.29 is 4.79 Å². The molecule has 4 rings (SSSR count). The molecular formula is C25H30BrN5OS. The van der Waals surface area contributed by atoms with Gasteiger partial charge in [-0.3, -0.25) is 9.69 Å². The van der Waals surface area contributed by atoms with E-state index in [0.29, 0.717) is 13.1 Å². The van der Waals surface area contributed by atoms with Crippen LogP contribution in [-0.2, 0) is 17.8 Å². The molecule has 1 aliphatic rings. The second-order valence-corrected chi connectivity index (χ2v) is 11.2. The zero-order valence-corrected chi connectivity index (χ0v) is 22.0. The fourth-order valence-corrected chi connectivity index (χ4v) is 5.78. The minimum atomic E-state index is 0.0710. The van der Waals surface area contributed by atoms with Crippen molar-refractivity contribution in [2.75, 3.05) is 25.0 Å². The van der Waals surface area contributed by atoms with Gasteiger partial charge in [-0.25, -0.2) is 9.97 Å². The van der Waals surface area contributed by atoms with E-state index in [-0.39, 0.29) is 11.4 Å². The van der Waals surface area contributed by atoms with E-state index >= 15 is 0 Å². The second kappa shape index (κ2) is 9.91. The lowest BCUT2D eigenvalue weighted by molar-refractivity contribution is -0.126. The fraction of sp³-hybridized carbons (Fsp3) is 0.400. The first-order valence-electron chi connectivity index (χ1n) is 11.2. The molecule has 0 fully saturated rings. The van der Waals surface area contributed by atoms with Crippen LogP contribution < -0.4 is 5.32 Å². The van der Waals surface area contributed by atoms with Crippen molar-refractivity contribution in [2.45, 2.75) is 46.2 Å². The number of nitrogens with one attached hydrogen (secondary N) is 1. The topological polar surface area (TPSA) is 61.4 Å². The number of anilines is 2. The molecule has 3 aromatic rings. The summed E-state index contributed by atoms with van der Waals surface area (Å²) in [6.45, 7) is 11.8. The molecule has 0 unspecified atom stereocenters. The van der Waals surface area contributed by atoms with Crippen LogP contribution in [0, 0.1) is 0 Å². The first-order valence-corrected chi connectivity index (χ1v) is 12.9. The SMILES string of the molecule is CCN(C/C=C/C(=O)N1CCc2c(sc3ncnc(Nc4cccc(Br)c4)c23)C1)C(C)(C)C. The Hall–Kier alpha value is -2.29. The van der Waals surface area contributed by atoms with Gasteiger partial charge >= 0.3 is 0 Å². The zero-order chi connectivity index (χ0) is 23.6. The van der Waals surface area contributed by atoms with Gasteiger partial charge in [-0.1, -0.05) is 35.0 Å². The van der Waals surface area contributed by atoms with Gasteiger partial charge in [-0.15, -0.1) is 11.3 Å². The van der Waals surface area contributed by atoms with Gasteiger partial charge in [-0.2, -0.15) is 0 Å². The maximum absolute atomic E-state index is 12.9. The minimum Gasteiger partial charge on any atom is -0.340 e. The summed E-state index contributed by atoms with van der Waals surface area (Å²) in [7, 11) is 0. The predicted octanol–water partition coefficient (Wildman–Crippen LogP) is 5.76. The Balaban J connectivity index is 1.50. The number of carbonyl (C=O) groups excluding carboxylic acids is 1. The van der Waals surface area contributed by atoms with Crippen LogP contribution in [0.1, 0.15) is 38.1 Å². The Bertz CT molecular complexity index is 1180. The summed E-state index contributed by atoms with van der Waals surface area (Å²) >= 11 is 5.18. The Morgan fingerprint density at radius 3 is 2.88 bits per heavy atom. The average molecular weight is 529 g/mol. The molecule has 1 N–H and O–H groups in total. The van der Waals surface area contributed by atoms with Crippen molar-refractivity contribution in [3.63, 3.8) is 0 Å². The van der Waals surface area contributed by atoms with Gasteiger partial charge in [0.25, 0.3) is 0 Å². The van der Waals surface area contributed by atoms with Crippen molar-refractivity contribution in [3.05, 3.63) is 57.7 Å². The number of benzene rings is 1. The number of aromatic nitrogens is 2. The Morgan fingerprint density at radius 2 is 2.15 bits per heavy atom. The highest BCUT2D eigenvalue weighted by Crippen LogP contribution is 2.38. The van der Waals surface area contributed by atoms with Crippen LogP contribution in [0.25, 0.3) is 10.2 Å². The molecule has 1 aliphatic heterocycles. The lowest BCUT2D eigenvalue weighted by Crippen LogP contribution is -2.41. The molecule has 0 saturated carbocycles. The van der Waals surface area contributed by atoms with E-state index in [1.165, 1.54) is 10.4 Å². The smallest absolute Gasteiger partial charge is 0.246 e. The van der Waals surface area contributed by atoms with Crippen molar-refractivity contribution in [1.82, 2.24) is 19.8 Å². The summed E-state index contributed by atoms with van der Waals surface area (Å²) < 4.78 is 1.01. The summed E-state index contributed by atoms with van der Waals surface area (Å²) in [6, 6.07) is 8.03. The van der Waals surface area contributed by atoms with Crippen LogP contribution in [-0.4, -0.2) is 50.8 Å². The maximum atomic E-state index is 12.9. The molecule has 3 heterocycles. The van der Waals surface area contributed by atoms with Crippen LogP contribution in [0.3, 0.4) is 0 Å². The molecule has 1 aromatic carbocycles. The lowest BCUT2D eigenvalue weighted by atomic mass is 10.0. The number of hydrogen-bond donors (Lipinski definition) is 1. The number of halogens is 1. The molecule has 0 atom stereocenters.